The Morgan fingerprint density at radius 1 is 1.08 bits per heavy atom. The summed E-state index contributed by atoms with van der Waals surface area (Å²) in [7, 11) is -2.10. The summed E-state index contributed by atoms with van der Waals surface area (Å²) < 4.78 is 32.7. The third-order valence-corrected chi connectivity index (χ3v) is 7.23. The molecule has 0 spiro atoms. The van der Waals surface area contributed by atoms with Crippen LogP contribution >= 0.6 is 11.6 Å². The first-order chi connectivity index (χ1) is 11.5. The van der Waals surface area contributed by atoms with Crippen LogP contribution in [0.5, 0.6) is 5.75 Å². The van der Waals surface area contributed by atoms with Gasteiger partial charge in [0, 0.05) is 24.2 Å². The average Bonchev–Trinajstić information content (AvgIpc) is 2.62. The summed E-state index contributed by atoms with van der Waals surface area (Å²) in [6.45, 7) is 3.41. The van der Waals surface area contributed by atoms with Gasteiger partial charge < -0.3 is 9.64 Å². The fraction of sp³-hybridized carbons (Fsp3) is 0.647. The molecule has 2 aliphatic rings. The van der Waals surface area contributed by atoms with Crippen molar-refractivity contribution in [3.63, 3.8) is 0 Å². The van der Waals surface area contributed by atoms with Crippen LogP contribution in [-0.2, 0) is 10.0 Å². The largest absolute Gasteiger partial charge is 0.495 e. The van der Waals surface area contributed by atoms with E-state index >= 15 is 0 Å². The molecule has 1 aromatic rings. The minimum atomic E-state index is -3.58. The maximum Gasteiger partial charge on any atom is 0.246 e. The molecule has 2 aliphatic heterocycles. The van der Waals surface area contributed by atoms with E-state index in [1.54, 1.807) is 16.4 Å². The Bertz CT molecular complexity index is 666. The number of nitrogens with zero attached hydrogens (tertiary/aromatic N) is 2. The molecule has 5 nitrogen and oxygen atoms in total. The summed E-state index contributed by atoms with van der Waals surface area (Å²) in [4.78, 5) is 2.70. The molecule has 7 heteroatoms. The molecule has 1 aromatic carbocycles. The molecule has 2 heterocycles. The molecule has 0 bridgehead atoms. The van der Waals surface area contributed by atoms with Gasteiger partial charge in [-0.2, -0.15) is 4.31 Å². The molecule has 0 unspecified atom stereocenters. The minimum absolute atomic E-state index is 0.161. The van der Waals surface area contributed by atoms with Crippen molar-refractivity contribution < 1.29 is 13.2 Å². The molecular formula is C17H25ClN2O3S. The van der Waals surface area contributed by atoms with Crippen LogP contribution in [0.15, 0.2) is 23.1 Å². The van der Waals surface area contributed by atoms with Crippen molar-refractivity contribution in [2.24, 2.45) is 0 Å². The van der Waals surface area contributed by atoms with Gasteiger partial charge in [-0.25, -0.2) is 8.42 Å². The molecule has 0 N–H and O–H groups in total. The third kappa shape index (κ3) is 3.72. The van der Waals surface area contributed by atoms with Gasteiger partial charge in [0.15, 0.2) is 0 Å². The van der Waals surface area contributed by atoms with Gasteiger partial charge in [-0.1, -0.05) is 18.0 Å². The monoisotopic (exact) mass is 372 g/mol. The molecule has 2 fully saturated rings. The van der Waals surface area contributed by atoms with Gasteiger partial charge in [-0.15, -0.1) is 0 Å². The number of hydrogen-bond donors (Lipinski definition) is 0. The second-order valence-corrected chi connectivity index (χ2v) is 8.87. The number of rotatable bonds is 4. The number of hydrogen-bond acceptors (Lipinski definition) is 4. The zero-order valence-corrected chi connectivity index (χ0v) is 15.7. The highest BCUT2D eigenvalue weighted by Crippen LogP contribution is 2.31. The van der Waals surface area contributed by atoms with Gasteiger partial charge in [-0.05, 0) is 57.0 Å². The Morgan fingerprint density at radius 3 is 2.38 bits per heavy atom. The number of ether oxygens (including phenoxy) is 1. The summed E-state index contributed by atoms with van der Waals surface area (Å²) in [5.41, 5.74) is 0. The van der Waals surface area contributed by atoms with Gasteiger partial charge in [0.1, 0.15) is 10.6 Å². The van der Waals surface area contributed by atoms with Crippen LogP contribution in [0.2, 0.25) is 5.02 Å². The van der Waals surface area contributed by atoms with E-state index in [9.17, 15) is 8.42 Å². The summed E-state index contributed by atoms with van der Waals surface area (Å²) in [5, 5.41) is 0.401. The van der Waals surface area contributed by atoms with Crippen LogP contribution in [0.25, 0.3) is 0 Å². The summed E-state index contributed by atoms with van der Waals surface area (Å²) in [6.07, 6.45) is 5.62. The predicted octanol–water partition coefficient (Wildman–Crippen LogP) is 2.99. The molecule has 3 rings (SSSR count). The SMILES string of the molecule is COc1ccc(Cl)cc1S(=O)(=O)N1CCC(N2CCCCC2)CC1. The lowest BCUT2D eigenvalue weighted by atomic mass is 10.0. The molecule has 24 heavy (non-hydrogen) atoms. The Hall–Kier alpha value is -0.820. The van der Waals surface area contributed by atoms with E-state index in [1.165, 1.54) is 32.4 Å². The second-order valence-electron chi connectivity index (χ2n) is 6.53. The van der Waals surface area contributed by atoms with E-state index in [4.69, 9.17) is 16.3 Å². The van der Waals surface area contributed by atoms with Crippen LogP contribution in [-0.4, -0.2) is 57.0 Å². The van der Waals surface area contributed by atoms with Crippen molar-refractivity contribution in [2.75, 3.05) is 33.3 Å². The zero-order chi connectivity index (χ0) is 17.2. The molecule has 0 saturated carbocycles. The van der Waals surface area contributed by atoms with Crippen molar-refractivity contribution in [3.8, 4) is 5.75 Å². The predicted molar refractivity (Wildman–Crippen MR) is 95.2 cm³/mol. The Kier molecular flexibility index (Phi) is 5.70. The number of methoxy groups -OCH3 is 1. The molecule has 0 radical (unpaired) electrons. The standard InChI is InChI=1S/C17H25ClN2O3S/c1-23-16-6-5-14(18)13-17(16)24(21,22)20-11-7-15(8-12-20)19-9-3-2-4-10-19/h5-6,13,15H,2-4,7-12H2,1H3. The quantitative estimate of drug-likeness (QED) is 0.815. The molecule has 0 atom stereocenters. The second kappa shape index (κ2) is 7.60. The van der Waals surface area contributed by atoms with Gasteiger partial charge in [-0.3, -0.25) is 0 Å². The van der Waals surface area contributed by atoms with Crippen molar-refractivity contribution in [1.29, 1.82) is 0 Å². The van der Waals surface area contributed by atoms with E-state index in [0.29, 0.717) is 29.9 Å². The summed E-state index contributed by atoms with van der Waals surface area (Å²) in [5.74, 6) is 0.345. The number of benzene rings is 1. The smallest absolute Gasteiger partial charge is 0.246 e. The van der Waals surface area contributed by atoms with Gasteiger partial charge in [0.25, 0.3) is 0 Å². The van der Waals surface area contributed by atoms with Crippen molar-refractivity contribution in [1.82, 2.24) is 9.21 Å². The molecule has 0 aliphatic carbocycles. The molecule has 0 aromatic heterocycles. The van der Waals surface area contributed by atoms with Crippen LogP contribution in [0.3, 0.4) is 0 Å². The van der Waals surface area contributed by atoms with Crippen LogP contribution in [0, 0.1) is 0 Å². The first-order valence-electron chi connectivity index (χ1n) is 8.60. The number of sulfonamides is 1. The summed E-state index contributed by atoms with van der Waals surface area (Å²) >= 11 is 6.00. The number of piperidine rings is 2. The normalized spacial score (nSPS) is 21.8. The van der Waals surface area contributed by atoms with Gasteiger partial charge >= 0.3 is 0 Å². The van der Waals surface area contributed by atoms with E-state index < -0.39 is 10.0 Å². The lowest BCUT2D eigenvalue weighted by Gasteiger charge is -2.39. The van der Waals surface area contributed by atoms with E-state index in [2.05, 4.69) is 4.90 Å². The highest BCUT2D eigenvalue weighted by atomic mass is 35.5. The summed E-state index contributed by atoms with van der Waals surface area (Å²) in [6, 6.07) is 5.24. The first-order valence-corrected chi connectivity index (χ1v) is 10.4. The molecule has 134 valence electrons. The zero-order valence-electron chi connectivity index (χ0n) is 14.1. The molecular weight excluding hydrogens is 348 g/mol. The van der Waals surface area contributed by atoms with Crippen LogP contribution < -0.4 is 4.74 Å². The highest BCUT2D eigenvalue weighted by molar-refractivity contribution is 7.89. The topological polar surface area (TPSA) is 49.9 Å². The van der Waals surface area contributed by atoms with Crippen molar-refractivity contribution in [3.05, 3.63) is 23.2 Å². The lowest BCUT2D eigenvalue weighted by molar-refractivity contribution is 0.117. The maximum atomic E-state index is 13.0. The number of likely N-dealkylation sites (tertiary alicyclic amines) is 1. The minimum Gasteiger partial charge on any atom is -0.495 e. The van der Waals surface area contributed by atoms with E-state index in [1.807, 2.05) is 0 Å². The fourth-order valence-corrected chi connectivity index (χ4v) is 5.61. The Balaban J connectivity index is 1.72. The van der Waals surface area contributed by atoms with Gasteiger partial charge in [0.2, 0.25) is 10.0 Å². The number of halogens is 1. The van der Waals surface area contributed by atoms with Gasteiger partial charge in [0.05, 0.1) is 7.11 Å². The van der Waals surface area contributed by atoms with Crippen LogP contribution in [0.1, 0.15) is 32.1 Å². The average molecular weight is 373 g/mol. The maximum absolute atomic E-state index is 13.0. The third-order valence-electron chi connectivity index (χ3n) is 5.07. The fourth-order valence-electron chi connectivity index (χ4n) is 3.72. The molecule has 0 amide bonds. The van der Waals surface area contributed by atoms with Crippen molar-refractivity contribution in [2.45, 2.75) is 43.0 Å². The lowest BCUT2D eigenvalue weighted by Crippen LogP contribution is -2.48. The van der Waals surface area contributed by atoms with E-state index in [0.717, 1.165) is 25.9 Å². The molecule has 2 saturated heterocycles. The van der Waals surface area contributed by atoms with E-state index in [-0.39, 0.29) is 4.90 Å². The van der Waals surface area contributed by atoms with Crippen LogP contribution in [0.4, 0.5) is 0 Å². The van der Waals surface area contributed by atoms with Crippen molar-refractivity contribution >= 4 is 21.6 Å². The Labute approximate surface area is 149 Å². The highest BCUT2D eigenvalue weighted by Gasteiger charge is 2.33. The Morgan fingerprint density at radius 2 is 1.75 bits per heavy atom. The first kappa shape index (κ1) is 18.0.